The van der Waals surface area contributed by atoms with E-state index in [2.05, 4.69) is 38.6 Å². The number of hydrogen-bond donors (Lipinski definition) is 0. The van der Waals surface area contributed by atoms with Crippen LogP contribution in [-0.2, 0) is 0 Å². The highest BCUT2D eigenvalue weighted by Crippen LogP contribution is 2.13. The zero-order chi connectivity index (χ0) is 9.03. The van der Waals surface area contributed by atoms with E-state index in [-0.39, 0.29) is 0 Å². The van der Waals surface area contributed by atoms with Gasteiger partial charge >= 0.3 is 0 Å². The van der Waals surface area contributed by atoms with Crippen molar-refractivity contribution in [3.8, 4) is 0 Å². The Labute approximate surface area is 76.6 Å². The topological polar surface area (TPSA) is 0 Å². The van der Waals surface area contributed by atoms with Gasteiger partial charge in [-0.15, -0.1) is 0 Å². The van der Waals surface area contributed by atoms with Crippen molar-refractivity contribution in [3.05, 3.63) is 30.3 Å². The molecule has 0 aromatic heterocycles. The van der Waals surface area contributed by atoms with Crippen molar-refractivity contribution < 1.29 is 0 Å². The van der Waals surface area contributed by atoms with Crippen molar-refractivity contribution in [3.63, 3.8) is 0 Å². The third kappa shape index (κ3) is 1.78. The van der Waals surface area contributed by atoms with Crippen molar-refractivity contribution >= 4 is 13.3 Å². The Hall–Kier alpha value is -0.563. The molecule has 0 saturated carbocycles. The molecular formula is C11H17Si. The lowest BCUT2D eigenvalue weighted by molar-refractivity contribution is 1.27. The minimum Gasteiger partial charge on any atom is -0.0675 e. The van der Waals surface area contributed by atoms with Crippen LogP contribution in [0.25, 0.3) is 0 Å². The monoisotopic (exact) mass is 177 g/mol. The van der Waals surface area contributed by atoms with Gasteiger partial charge < -0.3 is 0 Å². The van der Waals surface area contributed by atoms with Crippen LogP contribution in [0.3, 0.4) is 0 Å². The second-order valence-corrected chi connectivity index (χ2v) is 8.67. The first-order chi connectivity index (χ1) is 5.73. The lowest BCUT2D eigenvalue weighted by atomic mass is 10.4. The summed E-state index contributed by atoms with van der Waals surface area (Å²) >= 11 is 0. The number of hydrogen-bond acceptors (Lipinski definition) is 0. The van der Waals surface area contributed by atoms with Crippen molar-refractivity contribution in [1.29, 1.82) is 0 Å². The van der Waals surface area contributed by atoms with Crippen molar-refractivity contribution in [2.75, 3.05) is 0 Å². The molecule has 1 rings (SSSR count). The summed E-state index contributed by atoms with van der Waals surface area (Å²) in [6.45, 7) is 7.08. The average Bonchev–Trinajstić information content (AvgIpc) is 2.18. The van der Waals surface area contributed by atoms with Crippen molar-refractivity contribution in [2.45, 2.75) is 32.5 Å². The predicted octanol–water partition coefficient (Wildman–Crippen LogP) is 2.81. The van der Waals surface area contributed by atoms with Gasteiger partial charge in [-0.3, -0.25) is 0 Å². The minimum atomic E-state index is -1.09. The summed E-state index contributed by atoms with van der Waals surface area (Å²) in [6, 6.07) is 14.3. The summed E-state index contributed by atoms with van der Waals surface area (Å²) in [6.07, 6.45) is 0. The third-order valence-electron chi connectivity index (χ3n) is 2.98. The Kier molecular flexibility index (Phi) is 3.10. The first-order valence-electron chi connectivity index (χ1n) is 4.69. The highest BCUT2D eigenvalue weighted by molar-refractivity contribution is 6.90. The van der Waals surface area contributed by atoms with Gasteiger partial charge in [0.25, 0.3) is 0 Å². The summed E-state index contributed by atoms with van der Waals surface area (Å²) < 4.78 is 0. The number of benzene rings is 1. The van der Waals surface area contributed by atoms with Gasteiger partial charge in [0, 0.05) is 0 Å². The van der Waals surface area contributed by atoms with Crippen LogP contribution < -0.4 is 5.19 Å². The second kappa shape index (κ2) is 3.90. The molecule has 0 atom stereocenters. The molecule has 1 heteroatoms. The molecule has 0 bridgehead atoms. The molecule has 0 aliphatic heterocycles. The van der Waals surface area contributed by atoms with Gasteiger partial charge in [-0.1, -0.05) is 61.9 Å². The Morgan fingerprint density at radius 1 is 1.17 bits per heavy atom. The molecule has 0 amide bonds. The van der Waals surface area contributed by atoms with Crippen molar-refractivity contribution in [1.82, 2.24) is 0 Å². The van der Waals surface area contributed by atoms with Crippen LogP contribution in [0.5, 0.6) is 0 Å². The first kappa shape index (κ1) is 9.52. The number of rotatable bonds is 3. The van der Waals surface area contributed by atoms with Crippen LogP contribution in [0.1, 0.15) is 13.8 Å². The first-order valence-corrected chi connectivity index (χ1v) is 7.61. The second-order valence-electron chi connectivity index (χ2n) is 3.56. The highest BCUT2D eigenvalue weighted by Gasteiger charge is 2.23. The van der Waals surface area contributed by atoms with Crippen LogP contribution in [0.4, 0.5) is 0 Å². The van der Waals surface area contributed by atoms with E-state index in [1.54, 1.807) is 5.19 Å². The summed E-state index contributed by atoms with van der Waals surface area (Å²) in [7, 11) is -1.09. The van der Waals surface area contributed by atoms with Crippen molar-refractivity contribution in [2.24, 2.45) is 0 Å². The molecule has 1 aromatic carbocycles. The molecule has 0 unspecified atom stereocenters. The van der Waals surface area contributed by atoms with Gasteiger partial charge in [-0.05, 0) is 6.07 Å². The molecule has 0 heterocycles. The fourth-order valence-electron chi connectivity index (χ4n) is 1.45. The van der Waals surface area contributed by atoms with Gasteiger partial charge in [0.1, 0.15) is 0 Å². The van der Waals surface area contributed by atoms with Gasteiger partial charge in [-0.2, -0.15) is 0 Å². The van der Waals surface area contributed by atoms with E-state index >= 15 is 0 Å². The summed E-state index contributed by atoms with van der Waals surface area (Å²) in [4.78, 5) is 0. The Morgan fingerprint density at radius 2 is 1.67 bits per heavy atom. The molecule has 0 saturated heterocycles. The van der Waals surface area contributed by atoms with E-state index in [4.69, 9.17) is 0 Å². The van der Waals surface area contributed by atoms with Gasteiger partial charge in [0.2, 0.25) is 0 Å². The van der Waals surface area contributed by atoms with Crippen LogP contribution in [-0.4, -0.2) is 8.07 Å². The third-order valence-corrected chi connectivity index (χ3v) is 7.82. The van der Waals surface area contributed by atoms with E-state index in [0.29, 0.717) is 0 Å². The fourth-order valence-corrected chi connectivity index (χ4v) is 3.74. The zero-order valence-corrected chi connectivity index (χ0v) is 9.22. The van der Waals surface area contributed by atoms with E-state index in [9.17, 15) is 0 Å². The molecule has 0 aliphatic carbocycles. The summed E-state index contributed by atoms with van der Waals surface area (Å²) in [5.41, 5.74) is 0. The van der Waals surface area contributed by atoms with E-state index in [0.717, 1.165) is 0 Å². The molecule has 1 radical (unpaired) electrons. The molecule has 12 heavy (non-hydrogen) atoms. The molecule has 0 fully saturated rings. The maximum atomic E-state index is 3.08. The largest absolute Gasteiger partial charge is 0.0831 e. The fraction of sp³-hybridized carbons (Fsp3) is 0.455. The molecule has 0 nitrogen and oxygen atoms in total. The molecule has 0 aliphatic rings. The Balaban J connectivity index is 2.95. The molecular weight excluding hydrogens is 160 g/mol. The molecule has 65 valence electrons. The lowest BCUT2D eigenvalue weighted by Crippen LogP contribution is -2.42. The lowest BCUT2D eigenvalue weighted by Gasteiger charge is -2.24. The predicted molar refractivity (Wildman–Crippen MR) is 57.5 cm³/mol. The van der Waals surface area contributed by atoms with Crippen LogP contribution >= 0.6 is 0 Å². The van der Waals surface area contributed by atoms with Gasteiger partial charge in [0.15, 0.2) is 0 Å². The maximum Gasteiger partial charge on any atom is 0.0831 e. The van der Waals surface area contributed by atoms with E-state index in [1.165, 1.54) is 12.1 Å². The van der Waals surface area contributed by atoms with Crippen LogP contribution in [0, 0.1) is 6.07 Å². The van der Waals surface area contributed by atoms with Crippen LogP contribution in [0.2, 0.25) is 18.6 Å². The maximum absolute atomic E-state index is 3.08. The Morgan fingerprint density at radius 3 is 2.08 bits per heavy atom. The molecule has 0 spiro atoms. The quantitative estimate of drug-likeness (QED) is 0.623. The highest BCUT2D eigenvalue weighted by atomic mass is 28.3. The SMILES string of the molecule is CC[Si](C)(CC)c1cc[c]cc1. The van der Waals surface area contributed by atoms with Gasteiger partial charge in [-0.25, -0.2) is 0 Å². The zero-order valence-electron chi connectivity index (χ0n) is 8.22. The average molecular weight is 177 g/mol. The summed E-state index contributed by atoms with van der Waals surface area (Å²) in [5, 5.41) is 1.58. The van der Waals surface area contributed by atoms with Crippen LogP contribution in [0.15, 0.2) is 24.3 Å². The minimum absolute atomic E-state index is 1.09. The van der Waals surface area contributed by atoms with E-state index in [1.807, 2.05) is 12.1 Å². The smallest absolute Gasteiger partial charge is 0.0675 e. The Bertz CT molecular complexity index is 224. The van der Waals surface area contributed by atoms with E-state index < -0.39 is 8.07 Å². The summed E-state index contributed by atoms with van der Waals surface area (Å²) in [5.74, 6) is 0. The molecule has 0 N–H and O–H groups in total. The normalized spacial score (nSPS) is 11.6. The van der Waals surface area contributed by atoms with Gasteiger partial charge in [0.05, 0.1) is 8.07 Å². The molecule has 1 aromatic rings. The standard InChI is InChI=1S/C11H17Si/c1-4-12(3,5-2)11-9-7-6-8-10-11/h7-10H,4-5H2,1-3H3.